The number of H-pyrrole nitrogens is 1. The molecule has 2 aromatic rings. The normalized spacial score (nSPS) is 9.06. The van der Waals surface area contributed by atoms with Crippen LogP contribution in [0.2, 0.25) is 0 Å². The number of aliphatic carboxylic acids is 1. The van der Waals surface area contributed by atoms with Crippen LogP contribution in [0.1, 0.15) is 26.8 Å². The van der Waals surface area contributed by atoms with Gasteiger partial charge in [-0.3, -0.25) is 4.79 Å². The molecule has 0 saturated carbocycles. The molecule has 1 heterocycles. The van der Waals surface area contributed by atoms with Crippen molar-refractivity contribution >= 4 is 16.9 Å². The van der Waals surface area contributed by atoms with Gasteiger partial charge >= 0.3 is 5.97 Å². The lowest BCUT2D eigenvalue weighted by Gasteiger charge is -1.95. The summed E-state index contributed by atoms with van der Waals surface area (Å²) < 4.78 is 0. The molecule has 0 fully saturated rings. The van der Waals surface area contributed by atoms with Crippen LogP contribution in [-0.4, -0.2) is 21.2 Å². The third-order valence-electron chi connectivity index (χ3n) is 2.09. The highest BCUT2D eigenvalue weighted by molar-refractivity contribution is 5.87. The van der Waals surface area contributed by atoms with Crippen LogP contribution in [-0.2, 0) is 11.2 Å². The lowest BCUT2D eigenvalue weighted by atomic mass is 10.1. The molecule has 94 valence electrons. The lowest BCUT2D eigenvalue weighted by Crippen LogP contribution is -1.98. The van der Waals surface area contributed by atoms with Gasteiger partial charge < -0.3 is 15.2 Å². The largest absolute Gasteiger partial charge is 0.508 e. The topological polar surface area (TPSA) is 73.3 Å². The van der Waals surface area contributed by atoms with Gasteiger partial charge in [-0.2, -0.15) is 0 Å². The molecule has 3 N–H and O–H groups in total. The summed E-state index contributed by atoms with van der Waals surface area (Å²) in [4.78, 5) is 13.5. The van der Waals surface area contributed by atoms with Gasteiger partial charge in [0.25, 0.3) is 0 Å². The van der Waals surface area contributed by atoms with Crippen LogP contribution in [0.15, 0.2) is 24.4 Å². The molecule has 0 aliphatic heterocycles. The van der Waals surface area contributed by atoms with Gasteiger partial charge in [-0.1, -0.05) is 21.3 Å². The van der Waals surface area contributed by atoms with E-state index in [0.717, 1.165) is 10.9 Å². The van der Waals surface area contributed by atoms with Crippen molar-refractivity contribution in [3.05, 3.63) is 30.0 Å². The minimum absolute atomic E-state index is 0. The summed E-state index contributed by atoms with van der Waals surface area (Å²) in [6, 6.07) is 4.84. The van der Waals surface area contributed by atoms with E-state index in [2.05, 4.69) is 4.98 Å². The highest BCUT2D eigenvalue weighted by Gasteiger charge is 2.07. The lowest BCUT2D eigenvalue weighted by molar-refractivity contribution is -0.136. The molecule has 2 rings (SSSR count). The molecule has 0 radical (unpaired) electrons. The molecule has 0 atom stereocenters. The summed E-state index contributed by atoms with van der Waals surface area (Å²) in [5.41, 5.74) is 1.52. The first-order valence-corrected chi connectivity index (χ1v) is 5.17. The molecule has 0 amide bonds. The van der Waals surface area contributed by atoms with Crippen LogP contribution in [0.5, 0.6) is 5.75 Å². The average Bonchev–Trinajstić information content (AvgIpc) is 2.63. The number of benzene rings is 1. The van der Waals surface area contributed by atoms with Crippen molar-refractivity contribution < 1.29 is 15.0 Å². The van der Waals surface area contributed by atoms with Crippen LogP contribution in [0.25, 0.3) is 10.9 Å². The predicted molar refractivity (Wildman–Crippen MR) is 69.4 cm³/mol. The van der Waals surface area contributed by atoms with E-state index in [1.807, 2.05) is 13.8 Å². The van der Waals surface area contributed by atoms with E-state index in [0.29, 0.717) is 5.56 Å². The maximum atomic E-state index is 10.5. The summed E-state index contributed by atoms with van der Waals surface area (Å²) in [6.45, 7) is 4.00. The molecular formula is C13H19NO3. The number of aromatic nitrogens is 1. The monoisotopic (exact) mass is 237 g/mol. The Morgan fingerprint density at radius 3 is 2.59 bits per heavy atom. The van der Waals surface area contributed by atoms with E-state index in [1.165, 1.54) is 0 Å². The summed E-state index contributed by atoms with van der Waals surface area (Å²) in [6.07, 6.45) is 1.61. The fraction of sp³-hybridized carbons (Fsp3) is 0.308. The summed E-state index contributed by atoms with van der Waals surface area (Å²) in [7, 11) is 0. The second-order valence-electron chi connectivity index (χ2n) is 3.11. The number of hydrogen-bond donors (Lipinski definition) is 3. The van der Waals surface area contributed by atoms with E-state index in [9.17, 15) is 9.90 Å². The van der Waals surface area contributed by atoms with E-state index in [1.54, 1.807) is 24.4 Å². The van der Waals surface area contributed by atoms with Crippen LogP contribution >= 0.6 is 0 Å². The van der Waals surface area contributed by atoms with Gasteiger partial charge in [0.2, 0.25) is 0 Å². The number of carbonyl (C=O) groups is 1. The molecule has 0 saturated heterocycles. The Labute approximate surface area is 101 Å². The second kappa shape index (κ2) is 6.58. The first-order valence-electron chi connectivity index (χ1n) is 5.17. The predicted octanol–water partition coefficient (Wildman–Crippen LogP) is 3.16. The van der Waals surface area contributed by atoms with E-state index in [-0.39, 0.29) is 19.6 Å². The molecule has 4 nitrogen and oxygen atoms in total. The average molecular weight is 237 g/mol. The summed E-state index contributed by atoms with van der Waals surface area (Å²) in [5.74, 6) is -0.738. The van der Waals surface area contributed by atoms with Gasteiger partial charge in [-0.05, 0) is 23.8 Å². The van der Waals surface area contributed by atoms with Crippen molar-refractivity contribution in [1.29, 1.82) is 0 Å². The van der Waals surface area contributed by atoms with Crippen LogP contribution in [0, 0.1) is 0 Å². The number of carboxylic acid groups (broad SMARTS) is 1. The molecule has 0 aliphatic carbocycles. The maximum Gasteiger partial charge on any atom is 0.307 e. The Kier molecular flexibility index (Phi) is 5.82. The Bertz CT molecular complexity index is 488. The Morgan fingerprint density at radius 2 is 2.00 bits per heavy atom. The SMILES string of the molecule is C.CC.O=C(O)Cc1c[nH]c2ccc(O)cc12. The zero-order chi connectivity index (χ0) is 12.1. The van der Waals surface area contributed by atoms with Crippen molar-refractivity contribution in [2.75, 3.05) is 0 Å². The number of phenols is 1. The molecule has 0 spiro atoms. The van der Waals surface area contributed by atoms with Crippen molar-refractivity contribution in [3.8, 4) is 5.75 Å². The van der Waals surface area contributed by atoms with Gasteiger partial charge in [-0.15, -0.1) is 0 Å². The standard InChI is InChI=1S/C10H9NO3.C2H6.CH4/c12-7-1-2-9-8(4-7)6(5-11-9)3-10(13)14;1-2;/h1-2,4-5,11-12H,3H2,(H,13,14);1-2H3;1H4. The fourth-order valence-corrected chi connectivity index (χ4v) is 1.48. The maximum absolute atomic E-state index is 10.5. The Balaban J connectivity index is 0.000000811. The van der Waals surface area contributed by atoms with E-state index >= 15 is 0 Å². The minimum atomic E-state index is -0.880. The molecule has 0 aliphatic rings. The van der Waals surface area contributed by atoms with Gasteiger partial charge in [0, 0.05) is 17.1 Å². The van der Waals surface area contributed by atoms with Gasteiger partial charge in [0.05, 0.1) is 6.42 Å². The molecular weight excluding hydrogens is 218 g/mol. The van der Waals surface area contributed by atoms with Crippen molar-refractivity contribution in [3.63, 3.8) is 0 Å². The molecule has 0 bridgehead atoms. The minimum Gasteiger partial charge on any atom is -0.508 e. The number of phenolic OH excluding ortho intramolecular Hbond substituents is 1. The third-order valence-corrected chi connectivity index (χ3v) is 2.09. The number of fused-ring (bicyclic) bond motifs is 1. The molecule has 1 aromatic carbocycles. The fourth-order valence-electron chi connectivity index (χ4n) is 1.48. The first kappa shape index (κ1) is 15.0. The Hall–Kier alpha value is -1.97. The number of aromatic amines is 1. The van der Waals surface area contributed by atoms with Gasteiger partial charge in [0.15, 0.2) is 0 Å². The first-order chi connectivity index (χ1) is 7.66. The quantitative estimate of drug-likeness (QED) is 0.751. The highest BCUT2D eigenvalue weighted by Crippen LogP contribution is 2.23. The number of aromatic hydroxyl groups is 1. The van der Waals surface area contributed by atoms with E-state index in [4.69, 9.17) is 5.11 Å². The Morgan fingerprint density at radius 1 is 1.35 bits per heavy atom. The van der Waals surface area contributed by atoms with Crippen LogP contribution < -0.4 is 0 Å². The van der Waals surface area contributed by atoms with Crippen molar-refractivity contribution in [1.82, 2.24) is 4.98 Å². The van der Waals surface area contributed by atoms with E-state index < -0.39 is 5.97 Å². The smallest absolute Gasteiger partial charge is 0.307 e. The second-order valence-corrected chi connectivity index (χ2v) is 3.11. The van der Waals surface area contributed by atoms with Gasteiger partial charge in [0.1, 0.15) is 5.75 Å². The zero-order valence-electron chi connectivity index (χ0n) is 9.32. The molecule has 17 heavy (non-hydrogen) atoms. The number of carboxylic acids is 1. The third kappa shape index (κ3) is 3.52. The molecule has 1 aromatic heterocycles. The molecule has 0 unspecified atom stereocenters. The number of nitrogens with one attached hydrogen (secondary N) is 1. The highest BCUT2D eigenvalue weighted by atomic mass is 16.4. The summed E-state index contributed by atoms with van der Waals surface area (Å²) >= 11 is 0. The van der Waals surface area contributed by atoms with Crippen LogP contribution in [0.4, 0.5) is 0 Å². The van der Waals surface area contributed by atoms with Gasteiger partial charge in [-0.25, -0.2) is 0 Å². The number of hydrogen-bond acceptors (Lipinski definition) is 2. The van der Waals surface area contributed by atoms with Crippen molar-refractivity contribution in [2.45, 2.75) is 27.7 Å². The summed E-state index contributed by atoms with van der Waals surface area (Å²) in [5, 5.41) is 18.6. The van der Waals surface area contributed by atoms with Crippen LogP contribution in [0.3, 0.4) is 0 Å². The number of rotatable bonds is 2. The zero-order valence-corrected chi connectivity index (χ0v) is 9.32. The van der Waals surface area contributed by atoms with Crippen molar-refractivity contribution in [2.24, 2.45) is 0 Å². The molecule has 4 heteroatoms.